The van der Waals surface area contributed by atoms with E-state index in [1.807, 2.05) is 0 Å². The summed E-state index contributed by atoms with van der Waals surface area (Å²) in [6, 6.07) is 0. The Bertz CT molecular complexity index is 357. The molecule has 2 nitrogen and oxygen atoms in total. The first-order chi connectivity index (χ1) is 8.39. The number of carbonyl (C=O) groups is 1. The minimum Gasteiger partial charge on any atom is -0.356 e. The van der Waals surface area contributed by atoms with Crippen LogP contribution in [0.3, 0.4) is 0 Å². The van der Waals surface area contributed by atoms with Crippen LogP contribution in [0.4, 0.5) is 0 Å². The topological polar surface area (TPSA) is 29.1 Å². The molecule has 102 valence electrons. The first kappa shape index (κ1) is 12.5. The van der Waals surface area contributed by atoms with Crippen molar-refractivity contribution in [2.45, 2.75) is 65.7 Å². The second-order valence-electron chi connectivity index (χ2n) is 8.17. The summed E-state index contributed by atoms with van der Waals surface area (Å²) in [6.07, 6.45) is 8.56. The van der Waals surface area contributed by atoms with E-state index < -0.39 is 0 Å². The van der Waals surface area contributed by atoms with E-state index in [4.69, 9.17) is 0 Å². The normalized spacial score (nSPS) is 49.4. The Morgan fingerprint density at radius 1 is 1.11 bits per heavy atom. The minimum absolute atomic E-state index is 0.0158. The Kier molecular flexibility index (Phi) is 2.60. The van der Waals surface area contributed by atoms with Crippen molar-refractivity contribution in [1.82, 2.24) is 5.32 Å². The molecule has 0 aromatic carbocycles. The molecular formula is C16H27NO. The summed E-state index contributed by atoms with van der Waals surface area (Å²) in [5.41, 5.74) is 0.869. The van der Waals surface area contributed by atoms with Gasteiger partial charge in [0, 0.05) is 6.54 Å². The van der Waals surface area contributed by atoms with Gasteiger partial charge in [0.2, 0.25) is 5.91 Å². The van der Waals surface area contributed by atoms with Gasteiger partial charge in [-0.1, -0.05) is 20.8 Å². The third-order valence-electron chi connectivity index (χ3n) is 5.64. The lowest BCUT2D eigenvalue weighted by atomic mass is 9.40. The Hall–Kier alpha value is -0.530. The van der Waals surface area contributed by atoms with Crippen molar-refractivity contribution in [3.8, 4) is 0 Å². The van der Waals surface area contributed by atoms with Crippen LogP contribution in [0, 0.1) is 22.2 Å². The maximum absolute atomic E-state index is 12.6. The molecule has 2 unspecified atom stereocenters. The second kappa shape index (κ2) is 3.74. The number of hydrogen-bond acceptors (Lipinski definition) is 1. The molecule has 4 aliphatic carbocycles. The van der Waals surface area contributed by atoms with Crippen LogP contribution >= 0.6 is 0 Å². The lowest BCUT2D eigenvalue weighted by molar-refractivity contribution is -0.170. The van der Waals surface area contributed by atoms with Crippen LogP contribution in [0.15, 0.2) is 0 Å². The molecular weight excluding hydrogens is 222 g/mol. The number of hydrogen-bond donors (Lipinski definition) is 1. The average molecular weight is 249 g/mol. The van der Waals surface area contributed by atoms with Crippen molar-refractivity contribution in [1.29, 1.82) is 0 Å². The number of nitrogens with one attached hydrogen (secondary N) is 1. The standard InChI is InChI=1S/C16H27NO/c1-4-5-17-13(18)16-8-12-6-14(2,10-16)9-15(3,7-12)11-16/h12H,4-11H2,1-3H3,(H,17,18)/t12?,14-,15+,16?. The van der Waals surface area contributed by atoms with Crippen molar-refractivity contribution in [3.63, 3.8) is 0 Å². The summed E-state index contributed by atoms with van der Waals surface area (Å²) < 4.78 is 0. The zero-order valence-corrected chi connectivity index (χ0v) is 12.1. The molecule has 4 atom stereocenters. The summed E-state index contributed by atoms with van der Waals surface area (Å²) in [5.74, 6) is 1.18. The number of amides is 1. The van der Waals surface area contributed by atoms with Crippen LogP contribution < -0.4 is 5.32 Å². The number of rotatable bonds is 3. The van der Waals surface area contributed by atoms with Crippen LogP contribution in [0.1, 0.15) is 65.7 Å². The van der Waals surface area contributed by atoms with Crippen LogP contribution in [-0.4, -0.2) is 12.5 Å². The van der Waals surface area contributed by atoms with Gasteiger partial charge in [-0.15, -0.1) is 0 Å². The third-order valence-corrected chi connectivity index (χ3v) is 5.64. The number of carbonyl (C=O) groups excluding carboxylic acids is 1. The predicted molar refractivity (Wildman–Crippen MR) is 73.1 cm³/mol. The maximum atomic E-state index is 12.6. The van der Waals surface area contributed by atoms with Gasteiger partial charge in [0.05, 0.1) is 5.41 Å². The van der Waals surface area contributed by atoms with Gasteiger partial charge in [0.1, 0.15) is 0 Å². The van der Waals surface area contributed by atoms with Crippen molar-refractivity contribution in [2.24, 2.45) is 22.2 Å². The van der Waals surface area contributed by atoms with Crippen molar-refractivity contribution in [3.05, 3.63) is 0 Å². The SMILES string of the molecule is CCCNC(=O)C12CC3C[C@@](C)(C1)C[C@](C)(C3)C2. The van der Waals surface area contributed by atoms with E-state index in [1.165, 1.54) is 19.3 Å². The van der Waals surface area contributed by atoms with Crippen LogP contribution in [0.2, 0.25) is 0 Å². The second-order valence-corrected chi connectivity index (χ2v) is 8.17. The van der Waals surface area contributed by atoms with Gasteiger partial charge in [0.15, 0.2) is 0 Å². The first-order valence-corrected chi connectivity index (χ1v) is 7.67. The summed E-state index contributed by atoms with van der Waals surface area (Å²) >= 11 is 0. The van der Waals surface area contributed by atoms with Gasteiger partial charge in [-0.3, -0.25) is 4.79 Å². The molecule has 1 amide bonds. The van der Waals surface area contributed by atoms with E-state index >= 15 is 0 Å². The summed E-state index contributed by atoms with van der Waals surface area (Å²) in [7, 11) is 0. The lowest BCUT2D eigenvalue weighted by Crippen LogP contribution is -2.59. The zero-order chi connectivity index (χ0) is 13.0. The fourth-order valence-corrected chi connectivity index (χ4v) is 6.13. The largest absolute Gasteiger partial charge is 0.356 e. The highest BCUT2D eigenvalue weighted by Gasteiger charge is 2.62. The average Bonchev–Trinajstić information content (AvgIpc) is 2.20. The Labute approximate surface area is 111 Å². The summed E-state index contributed by atoms with van der Waals surface area (Å²) in [6.45, 7) is 7.83. The molecule has 0 aliphatic heterocycles. The van der Waals surface area contributed by atoms with E-state index in [-0.39, 0.29) is 5.41 Å². The van der Waals surface area contributed by atoms with Crippen molar-refractivity contribution < 1.29 is 4.79 Å². The molecule has 4 bridgehead atoms. The molecule has 0 aromatic heterocycles. The van der Waals surface area contributed by atoms with Crippen LogP contribution in [0.25, 0.3) is 0 Å². The van der Waals surface area contributed by atoms with E-state index in [1.54, 1.807) is 0 Å². The van der Waals surface area contributed by atoms with Crippen LogP contribution in [0.5, 0.6) is 0 Å². The molecule has 0 aromatic rings. The van der Waals surface area contributed by atoms with Gasteiger partial charge in [-0.25, -0.2) is 0 Å². The lowest BCUT2D eigenvalue weighted by Gasteiger charge is -2.64. The molecule has 0 spiro atoms. The molecule has 4 rings (SSSR count). The van der Waals surface area contributed by atoms with Crippen LogP contribution in [-0.2, 0) is 4.79 Å². The highest BCUT2D eigenvalue weighted by atomic mass is 16.2. The Balaban J connectivity index is 1.86. The van der Waals surface area contributed by atoms with Gasteiger partial charge in [-0.2, -0.15) is 0 Å². The highest BCUT2D eigenvalue weighted by molar-refractivity contribution is 5.83. The fourth-order valence-electron chi connectivity index (χ4n) is 6.13. The van der Waals surface area contributed by atoms with E-state index in [9.17, 15) is 4.79 Å². The molecule has 4 aliphatic rings. The first-order valence-electron chi connectivity index (χ1n) is 7.67. The van der Waals surface area contributed by atoms with E-state index in [0.29, 0.717) is 16.7 Å². The minimum atomic E-state index is -0.0158. The molecule has 0 radical (unpaired) electrons. The molecule has 2 heteroatoms. The van der Waals surface area contributed by atoms with Crippen molar-refractivity contribution in [2.75, 3.05) is 6.54 Å². The predicted octanol–water partition coefficient (Wildman–Crippen LogP) is 3.51. The Morgan fingerprint density at radius 2 is 1.72 bits per heavy atom. The Morgan fingerprint density at radius 3 is 2.22 bits per heavy atom. The van der Waals surface area contributed by atoms with Gasteiger partial charge in [-0.05, 0) is 61.7 Å². The maximum Gasteiger partial charge on any atom is 0.226 e. The quantitative estimate of drug-likeness (QED) is 0.815. The summed E-state index contributed by atoms with van der Waals surface area (Å²) in [5, 5.41) is 3.18. The van der Waals surface area contributed by atoms with Gasteiger partial charge < -0.3 is 5.32 Å². The van der Waals surface area contributed by atoms with Crippen molar-refractivity contribution >= 4 is 5.91 Å². The monoisotopic (exact) mass is 249 g/mol. The smallest absolute Gasteiger partial charge is 0.226 e. The van der Waals surface area contributed by atoms with Gasteiger partial charge in [0.25, 0.3) is 0 Å². The molecule has 18 heavy (non-hydrogen) atoms. The van der Waals surface area contributed by atoms with E-state index in [0.717, 1.165) is 38.1 Å². The fraction of sp³-hybridized carbons (Fsp3) is 0.938. The van der Waals surface area contributed by atoms with Gasteiger partial charge >= 0.3 is 0 Å². The molecule has 1 N–H and O–H groups in total. The molecule has 4 saturated carbocycles. The highest BCUT2D eigenvalue weighted by Crippen LogP contribution is 2.69. The zero-order valence-electron chi connectivity index (χ0n) is 12.1. The third kappa shape index (κ3) is 1.80. The van der Waals surface area contributed by atoms with E-state index in [2.05, 4.69) is 26.1 Å². The molecule has 0 saturated heterocycles. The molecule has 4 fully saturated rings. The summed E-state index contributed by atoms with van der Waals surface area (Å²) in [4.78, 5) is 12.6. The molecule has 0 heterocycles.